The van der Waals surface area contributed by atoms with Crippen molar-refractivity contribution < 1.29 is 14.6 Å². The van der Waals surface area contributed by atoms with Gasteiger partial charge < -0.3 is 15.2 Å². The molecule has 0 bridgehead atoms. The molecular weight excluding hydrogens is 218 g/mol. The van der Waals surface area contributed by atoms with Crippen LogP contribution in [-0.4, -0.2) is 24.2 Å². The molecule has 0 aliphatic heterocycles. The first-order chi connectivity index (χ1) is 8.20. The Morgan fingerprint density at radius 1 is 1.41 bits per heavy atom. The summed E-state index contributed by atoms with van der Waals surface area (Å²) in [5, 5.41) is 12.4. The quantitative estimate of drug-likeness (QED) is 0.842. The van der Waals surface area contributed by atoms with Gasteiger partial charge in [-0.3, -0.25) is 0 Å². The Hall–Kier alpha value is -1.71. The number of anilines is 1. The number of carboxylic acid groups (broad SMARTS) is 1. The lowest BCUT2D eigenvalue weighted by atomic mass is 10.1. The van der Waals surface area contributed by atoms with E-state index in [1.54, 1.807) is 18.2 Å². The number of carboxylic acids is 1. The number of rotatable bonds is 4. The zero-order valence-corrected chi connectivity index (χ0v) is 9.90. The van der Waals surface area contributed by atoms with E-state index in [2.05, 4.69) is 5.32 Å². The average Bonchev–Trinajstić information content (AvgIpc) is 2.81. The molecule has 1 aromatic rings. The van der Waals surface area contributed by atoms with E-state index >= 15 is 0 Å². The molecule has 92 valence electrons. The van der Waals surface area contributed by atoms with Crippen LogP contribution in [-0.2, 0) is 0 Å². The van der Waals surface area contributed by atoms with E-state index in [1.165, 1.54) is 32.8 Å². The van der Waals surface area contributed by atoms with Crippen molar-refractivity contribution in [1.29, 1.82) is 0 Å². The van der Waals surface area contributed by atoms with Gasteiger partial charge in [-0.1, -0.05) is 12.8 Å². The topological polar surface area (TPSA) is 58.6 Å². The monoisotopic (exact) mass is 235 g/mol. The van der Waals surface area contributed by atoms with Crippen LogP contribution in [0, 0.1) is 0 Å². The van der Waals surface area contributed by atoms with Crippen LogP contribution in [0.25, 0.3) is 0 Å². The molecular formula is C13H17NO3. The van der Waals surface area contributed by atoms with Gasteiger partial charge in [-0.15, -0.1) is 0 Å². The summed E-state index contributed by atoms with van der Waals surface area (Å²) in [5.41, 5.74) is 1.13. The normalized spacial score (nSPS) is 15.8. The first-order valence-corrected chi connectivity index (χ1v) is 5.88. The van der Waals surface area contributed by atoms with Gasteiger partial charge in [0, 0.05) is 17.8 Å². The Labute approximate surface area is 101 Å². The second kappa shape index (κ2) is 5.08. The van der Waals surface area contributed by atoms with Crippen molar-refractivity contribution in [2.24, 2.45) is 0 Å². The molecule has 1 aliphatic carbocycles. The predicted octanol–water partition coefficient (Wildman–Crippen LogP) is 2.75. The highest BCUT2D eigenvalue weighted by molar-refractivity contribution is 5.91. The molecule has 0 atom stereocenters. The number of carbonyl (C=O) groups is 1. The van der Waals surface area contributed by atoms with Crippen molar-refractivity contribution >= 4 is 11.7 Å². The molecule has 1 aliphatic rings. The Kier molecular flexibility index (Phi) is 3.52. The maximum absolute atomic E-state index is 10.9. The molecule has 0 amide bonds. The van der Waals surface area contributed by atoms with E-state index < -0.39 is 5.97 Å². The molecule has 0 spiro atoms. The lowest BCUT2D eigenvalue weighted by molar-refractivity contribution is 0.0693. The summed E-state index contributed by atoms with van der Waals surface area (Å²) in [6, 6.07) is 5.64. The molecule has 2 rings (SSSR count). The molecule has 2 N–H and O–H groups in total. The third-order valence-electron chi connectivity index (χ3n) is 3.16. The summed E-state index contributed by atoms with van der Waals surface area (Å²) < 4.78 is 5.09. The highest BCUT2D eigenvalue weighted by Gasteiger charge is 2.16. The van der Waals surface area contributed by atoms with Crippen LogP contribution in [0.4, 0.5) is 5.69 Å². The van der Waals surface area contributed by atoms with Crippen molar-refractivity contribution in [3.8, 4) is 5.75 Å². The molecule has 17 heavy (non-hydrogen) atoms. The molecule has 1 saturated carbocycles. The largest absolute Gasteiger partial charge is 0.496 e. The van der Waals surface area contributed by atoms with Crippen molar-refractivity contribution in [1.82, 2.24) is 0 Å². The van der Waals surface area contributed by atoms with Crippen LogP contribution < -0.4 is 10.1 Å². The number of aromatic carboxylic acids is 1. The SMILES string of the molecule is COc1cc(NC2CCCC2)ccc1C(=O)O. The van der Waals surface area contributed by atoms with Crippen LogP contribution in [0.3, 0.4) is 0 Å². The third kappa shape index (κ3) is 2.70. The van der Waals surface area contributed by atoms with Gasteiger partial charge in [0.1, 0.15) is 11.3 Å². The van der Waals surface area contributed by atoms with E-state index in [-0.39, 0.29) is 5.56 Å². The lowest BCUT2D eigenvalue weighted by Crippen LogP contribution is -2.14. The smallest absolute Gasteiger partial charge is 0.339 e. The number of ether oxygens (including phenoxy) is 1. The average molecular weight is 235 g/mol. The van der Waals surface area contributed by atoms with Crippen LogP contribution in [0.5, 0.6) is 5.75 Å². The first-order valence-electron chi connectivity index (χ1n) is 5.88. The molecule has 1 fully saturated rings. The molecule has 0 heterocycles. The Morgan fingerprint density at radius 2 is 2.12 bits per heavy atom. The zero-order chi connectivity index (χ0) is 12.3. The highest BCUT2D eigenvalue weighted by Crippen LogP contribution is 2.27. The van der Waals surface area contributed by atoms with Gasteiger partial charge in [-0.2, -0.15) is 0 Å². The number of hydrogen-bond acceptors (Lipinski definition) is 3. The van der Waals surface area contributed by atoms with Gasteiger partial charge in [0.2, 0.25) is 0 Å². The fourth-order valence-electron chi connectivity index (χ4n) is 2.26. The molecule has 0 unspecified atom stereocenters. The minimum absolute atomic E-state index is 0.199. The summed E-state index contributed by atoms with van der Waals surface area (Å²) in [6.45, 7) is 0. The molecule has 4 heteroatoms. The van der Waals surface area contributed by atoms with Gasteiger partial charge in [0.05, 0.1) is 7.11 Å². The van der Waals surface area contributed by atoms with E-state index in [4.69, 9.17) is 9.84 Å². The van der Waals surface area contributed by atoms with E-state index in [9.17, 15) is 4.79 Å². The third-order valence-corrected chi connectivity index (χ3v) is 3.16. The fraction of sp³-hybridized carbons (Fsp3) is 0.462. The number of nitrogens with one attached hydrogen (secondary N) is 1. The molecule has 4 nitrogen and oxygen atoms in total. The maximum atomic E-state index is 10.9. The molecule has 0 saturated heterocycles. The lowest BCUT2D eigenvalue weighted by Gasteiger charge is -2.15. The number of hydrogen-bond donors (Lipinski definition) is 2. The highest BCUT2D eigenvalue weighted by atomic mass is 16.5. The Balaban J connectivity index is 2.15. The van der Waals surface area contributed by atoms with Crippen LogP contribution in [0.15, 0.2) is 18.2 Å². The van der Waals surface area contributed by atoms with E-state index in [1.807, 2.05) is 0 Å². The van der Waals surface area contributed by atoms with Crippen molar-refractivity contribution in [2.45, 2.75) is 31.7 Å². The van der Waals surface area contributed by atoms with Crippen LogP contribution >= 0.6 is 0 Å². The minimum Gasteiger partial charge on any atom is -0.496 e. The maximum Gasteiger partial charge on any atom is 0.339 e. The standard InChI is InChI=1S/C13H17NO3/c1-17-12-8-10(6-7-11(12)13(15)16)14-9-4-2-3-5-9/h6-9,14H,2-5H2,1H3,(H,15,16). The Bertz CT molecular complexity index is 411. The van der Waals surface area contributed by atoms with E-state index in [0.29, 0.717) is 11.8 Å². The van der Waals surface area contributed by atoms with Crippen molar-refractivity contribution in [2.75, 3.05) is 12.4 Å². The summed E-state index contributed by atoms with van der Waals surface area (Å²) in [5.74, 6) is -0.560. The first kappa shape index (κ1) is 11.8. The second-order valence-electron chi connectivity index (χ2n) is 4.35. The zero-order valence-electron chi connectivity index (χ0n) is 9.90. The summed E-state index contributed by atoms with van der Waals surface area (Å²) in [4.78, 5) is 10.9. The summed E-state index contributed by atoms with van der Waals surface area (Å²) >= 11 is 0. The molecule has 1 aromatic carbocycles. The van der Waals surface area contributed by atoms with Crippen molar-refractivity contribution in [3.63, 3.8) is 0 Å². The number of methoxy groups -OCH3 is 1. The van der Waals surface area contributed by atoms with Crippen LogP contribution in [0.1, 0.15) is 36.0 Å². The van der Waals surface area contributed by atoms with Crippen molar-refractivity contribution in [3.05, 3.63) is 23.8 Å². The van der Waals surface area contributed by atoms with Gasteiger partial charge in [-0.05, 0) is 25.0 Å². The van der Waals surface area contributed by atoms with E-state index in [0.717, 1.165) is 5.69 Å². The Morgan fingerprint density at radius 3 is 2.71 bits per heavy atom. The van der Waals surface area contributed by atoms with Crippen LogP contribution in [0.2, 0.25) is 0 Å². The minimum atomic E-state index is -0.964. The fourth-order valence-corrected chi connectivity index (χ4v) is 2.26. The summed E-state index contributed by atoms with van der Waals surface area (Å²) in [6.07, 6.45) is 4.90. The predicted molar refractivity (Wildman–Crippen MR) is 65.8 cm³/mol. The second-order valence-corrected chi connectivity index (χ2v) is 4.35. The molecule has 0 radical (unpaired) electrons. The van der Waals surface area contributed by atoms with Gasteiger partial charge >= 0.3 is 5.97 Å². The van der Waals surface area contributed by atoms with Gasteiger partial charge in [-0.25, -0.2) is 4.79 Å². The summed E-state index contributed by atoms with van der Waals surface area (Å²) in [7, 11) is 1.49. The molecule has 0 aromatic heterocycles. The van der Waals surface area contributed by atoms with Gasteiger partial charge in [0.15, 0.2) is 0 Å². The number of benzene rings is 1. The van der Waals surface area contributed by atoms with Gasteiger partial charge in [0.25, 0.3) is 0 Å².